The lowest BCUT2D eigenvalue weighted by atomic mass is 10.0. The molecule has 5 heteroatoms. The Morgan fingerprint density at radius 1 is 0.197 bits per heavy atom. The monoisotopic (exact) mass is 903 g/mol. The quantitative estimate of drug-likeness (QED) is 0.159. The van der Waals surface area contributed by atoms with Gasteiger partial charge in [-0.1, -0.05) is 133 Å². The lowest BCUT2D eigenvalue weighted by Gasteiger charge is -2.16. The van der Waals surface area contributed by atoms with E-state index in [9.17, 15) is 0 Å². The van der Waals surface area contributed by atoms with E-state index in [4.69, 9.17) is 0 Å². The number of hydrogen-bond acceptors (Lipinski definition) is 0. The van der Waals surface area contributed by atoms with Gasteiger partial charge in [-0.2, -0.15) is 0 Å². The maximum Gasteiger partial charge on any atom is 0.0563 e. The average Bonchev–Trinajstić information content (AvgIpc) is 4.23. The van der Waals surface area contributed by atoms with Crippen molar-refractivity contribution in [3.63, 3.8) is 0 Å². The molecule has 5 heterocycles. The van der Waals surface area contributed by atoms with Crippen molar-refractivity contribution >= 4 is 98.3 Å². The maximum absolute atomic E-state index is 2.47. The lowest BCUT2D eigenvalue weighted by molar-refractivity contribution is 1.15. The van der Waals surface area contributed by atoms with Crippen LogP contribution in [0.1, 0.15) is 0 Å². The molecule has 5 nitrogen and oxygen atoms in total. The molecule has 5 aromatic heterocycles. The Morgan fingerprint density at radius 2 is 0.549 bits per heavy atom. The van der Waals surface area contributed by atoms with Crippen molar-refractivity contribution in [1.82, 2.24) is 22.8 Å². The summed E-state index contributed by atoms with van der Waals surface area (Å²) in [4.78, 5) is 0. The standard InChI is InChI=1S/C66H41N5/c1-2-18-43(19-3-1)67-57-29-12-7-24-50(57)52-41-46(35-37-59(52)67)70-63-33-15-31-61-65(63)66-62(32-16-34-64(66)70)69(61)44-20-14-17-42(39-44)47-21-4-9-26-54(47)71-58-30-13-8-25-51(58)53-40-45(36-38-60(53)71)68-55-27-10-5-22-48(55)49-23-6-11-28-56(49)68/h1-41H. The van der Waals surface area contributed by atoms with Gasteiger partial charge in [-0.05, 0) is 121 Å². The van der Waals surface area contributed by atoms with Crippen LogP contribution in [0.15, 0.2) is 249 Å². The molecule has 0 N–H and O–H groups in total. The molecule has 330 valence electrons. The third-order valence-electron chi connectivity index (χ3n) is 15.2. The molecule has 16 aromatic rings. The van der Waals surface area contributed by atoms with Crippen LogP contribution in [-0.4, -0.2) is 22.8 Å². The van der Waals surface area contributed by atoms with E-state index >= 15 is 0 Å². The van der Waals surface area contributed by atoms with Crippen LogP contribution in [0.25, 0.3) is 138 Å². The third-order valence-corrected chi connectivity index (χ3v) is 15.2. The molecule has 0 amide bonds. The molecule has 0 spiro atoms. The van der Waals surface area contributed by atoms with Gasteiger partial charge in [0.15, 0.2) is 0 Å². The first kappa shape index (κ1) is 38.4. The molecule has 0 radical (unpaired) electrons. The second kappa shape index (κ2) is 14.5. The first-order valence-corrected chi connectivity index (χ1v) is 24.4. The number of aromatic nitrogens is 5. The summed E-state index contributed by atoms with van der Waals surface area (Å²) in [6, 6.07) is 91.4. The topological polar surface area (TPSA) is 24.6 Å². The Morgan fingerprint density at radius 3 is 1.10 bits per heavy atom. The fraction of sp³-hybridized carbons (Fsp3) is 0. The van der Waals surface area contributed by atoms with Crippen LogP contribution in [0.3, 0.4) is 0 Å². The van der Waals surface area contributed by atoms with Gasteiger partial charge in [-0.3, -0.25) is 0 Å². The molecular formula is C66H41N5. The Balaban J connectivity index is 0.844. The highest BCUT2D eigenvalue weighted by Gasteiger charge is 2.24. The van der Waals surface area contributed by atoms with Gasteiger partial charge in [0, 0.05) is 71.4 Å². The number of rotatable bonds is 6. The zero-order valence-corrected chi connectivity index (χ0v) is 38.4. The fourth-order valence-corrected chi connectivity index (χ4v) is 12.4. The lowest BCUT2D eigenvalue weighted by Crippen LogP contribution is -2.00. The summed E-state index contributed by atoms with van der Waals surface area (Å²) < 4.78 is 12.2. The smallest absolute Gasteiger partial charge is 0.0563 e. The van der Waals surface area contributed by atoms with Gasteiger partial charge in [0.25, 0.3) is 0 Å². The van der Waals surface area contributed by atoms with Crippen molar-refractivity contribution in [2.75, 3.05) is 0 Å². The predicted molar refractivity (Wildman–Crippen MR) is 297 cm³/mol. The molecule has 0 aliphatic heterocycles. The van der Waals surface area contributed by atoms with Crippen LogP contribution in [-0.2, 0) is 0 Å². The molecule has 0 atom stereocenters. The molecule has 0 aliphatic carbocycles. The van der Waals surface area contributed by atoms with E-state index in [0.717, 1.165) is 34.0 Å². The summed E-state index contributed by atoms with van der Waals surface area (Å²) in [5.41, 5.74) is 20.1. The van der Waals surface area contributed by atoms with Crippen molar-refractivity contribution in [2.45, 2.75) is 0 Å². The van der Waals surface area contributed by atoms with E-state index in [2.05, 4.69) is 272 Å². The fourth-order valence-electron chi connectivity index (χ4n) is 12.4. The zero-order valence-electron chi connectivity index (χ0n) is 38.4. The van der Waals surface area contributed by atoms with Crippen LogP contribution in [0.4, 0.5) is 0 Å². The molecule has 0 saturated heterocycles. The van der Waals surface area contributed by atoms with Gasteiger partial charge in [0.2, 0.25) is 0 Å². The average molecular weight is 904 g/mol. The molecular weight excluding hydrogens is 863 g/mol. The van der Waals surface area contributed by atoms with Crippen molar-refractivity contribution in [3.8, 4) is 39.6 Å². The first-order chi connectivity index (χ1) is 35.3. The van der Waals surface area contributed by atoms with E-state index in [1.807, 2.05) is 0 Å². The van der Waals surface area contributed by atoms with E-state index in [1.165, 1.54) is 104 Å². The Hall–Kier alpha value is -9.58. The minimum absolute atomic E-state index is 1.13. The SMILES string of the molecule is c1ccc(-n2c3ccccc3c3cc(-n4c5cccc6c5c5c(cccc54)n6-c4cccc(-c5ccccc5-n5c6ccccc6c6cc(-n7c8ccccc8c8ccccc87)ccc65)c4)ccc32)cc1. The molecule has 0 aliphatic rings. The number of nitrogens with zero attached hydrogens (tertiary/aromatic N) is 5. The molecule has 0 unspecified atom stereocenters. The normalized spacial score (nSPS) is 12.2. The van der Waals surface area contributed by atoms with Gasteiger partial charge in [0.1, 0.15) is 0 Å². The summed E-state index contributed by atoms with van der Waals surface area (Å²) in [6.45, 7) is 0. The number of hydrogen-bond donors (Lipinski definition) is 0. The first-order valence-electron chi connectivity index (χ1n) is 24.4. The summed E-state index contributed by atoms with van der Waals surface area (Å²) >= 11 is 0. The predicted octanol–water partition coefficient (Wildman–Crippen LogP) is 17.1. The minimum Gasteiger partial charge on any atom is -0.309 e. The summed E-state index contributed by atoms with van der Waals surface area (Å²) in [7, 11) is 0. The molecule has 0 fully saturated rings. The van der Waals surface area contributed by atoms with Crippen molar-refractivity contribution < 1.29 is 0 Å². The number of benzene rings is 11. The number of fused-ring (bicyclic) bond motifs is 9. The van der Waals surface area contributed by atoms with Crippen molar-refractivity contribution in [2.24, 2.45) is 0 Å². The summed E-state index contributed by atoms with van der Waals surface area (Å²) in [5, 5.41) is 10.0. The van der Waals surface area contributed by atoms with Gasteiger partial charge in [-0.25, -0.2) is 0 Å². The zero-order chi connectivity index (χ0) is 46.3. The second-order valence-electron chi connectivity index (χ2n) is 18.9. The van der Waals surface area contributed by atoms with Crippen LogP contribution >= 0.6 is 0 Å². The Bertz CT molecular complexity index is 4700. The maximum atomic E-state index is 2.47. The van der Waals surface area contributed by atoms with Crippen LogP contribution < -0.4 is 0 Å². The summed E-state index contributed by atoms with van der Waals surface area (Å²) in [5.74, 6) is 0. The van der Waals surface area contributed by atoms with Crippen LogP contribution in [0.5, 0.6) is 0 Å². The van der Waals surface area contributed by atoms with Crippen LogP contribution in [0.2, 0.25) is 0 Å². The van der Waals surface area contributed by atoms with E-state index < -0.39 is 0 Å². The highest BCUT2D eigenvalue weighted by molar-refractivity contribution is 6.25. The van der Waals surface area contributed by atoms with Crippen molar-refractivity contribution in [3.05, 3.63) is 249 Å². The molecule has 71 heavy (non-hydrogen) atoms. The van der Waals surface area contributed by atoms with E-state index in [0.29, 0.717) is 0 Å². The third kappa shape index (κ3) is 5.29. The van der Waals surface area contributed by atoms with Gasteiger partial charge >= 0.3 is 0 Å². The van der Waals surface area contributed by atoms with Crippen LogP contribution in [0, 0.1) is 0 Å². The molecule has 0 bridgehead atoms. The van der Waals surface area contributed by atoms with E-state index in [1.54, 1.807) is 0 Å². The molecule has 16 rings (SSSR count). The molecule has 11 aromatic carbocycles. The highest BCUT2D eigenvalue weighted by Crippen LogP contribution is 2.45. The summed E-state index contributed by atoms with van der Waals surface area (Å²) in [6.07, 6.45) is 0. The Kier molecular flexibility index (Phi) is 7.82. The van der Waals surface area contributed by atoms with Crippen molar-refractivity contribution in [1.29, 1.82) is 0 Å². The largest absolute Gasteiger partial charge is 0.309 e. The van der Waals surface area contributed by atoms with Gasteiger partial charge in [0.05, 0.1) is 60.9 Å². The molecule has 0 saturated carbocycles. The number of para-hydroxylation sites is 6. The highest BCUT2D eigenvalue weighted by atomic mass is 15.0. The minimum atomic E-state index is 1.13. The Labute approximate surface area is 407 Å². The van der Waals surface area contributed by atoms with E-state index in [-0.39, 0.29) is 0 Å². The van der Waals surface area contributed by atoms with Gasteiger partial charge < -0.3 is 22.8 Å². The van der Waals surface area contributed by atoms with Gasteiger partial charge in [-0.15, -0.1) is 0 Å². The second-order valence-corrected chi connectivity index (χ2v) is 18.9.